The maximum absolute atomic E-state index is 14.3. The van der Waals surface area contributed by atoms with Gasteiger partial charge in [0.25, 0.3) is 0 Å². The van der Waals surface area contributed by atoms with Gasteiger partial charge in [-0.15, -0.1) is 0 Å². The number of carbonyl (C=O) groups is 2. The summed E-state index contributed by atoms with van der Waals surface area (Å²) in [6.45, 7) is 7.97. The maximum atomic E-state index is 14.3. The molecule has 1 unspecified atom stereocenters. The fourth-order valence-corrected chi connectivity index (χ4v) is 6.34. The third-order valence-electron chi connectivity index (χ3n) is 8.05. The van der Waals surface area contributed by atoms with Gasteiger partial charge < -0.3 is 14.4 Å². The standard InChI is InChI=1S/C39H39NO4/c1-5-43-37(41)34-33(29-19-11-7-12-20-29)27-39(31-23-15-9-16-24-31,32-25-17-10-18-26-32)36(30-21-13-8-14-22-30)40(28(3)4)35(34)38(42)44-6-2/h7-28,36H,5-6H2,1-4H3. The van der Waals surface area contributed by atoms with Gasteiger partial charge in [-0.25, -0.2) is 9.59 Å². The summed E-state index contributed by atoms with van der Waals surface area (Å²) in [5.41, 5.74) is 3.96. The fourth-order valence-electron chi connectivity index (χ4n) is 6.34. The summed E-state index contributed by atoms with van der Waals surface area (Å²) in [7, 11) is 0. The Bertz CT molecular complexity index is 1590. The first-order chi connectivity index (χ1) is 21.4. The summed E-state index contributed by atoms with van der Waals surface area (Å²) < 4.78 is 11.5. The number of nitrogens with zero attached hydrogens (tertiary/aromatic N) is 1. The maximum Gasteiger partial charge on any atom is 0.355 e. The molecule has 0 fully saturated rings. The van der Waals surface area contributed by atoms with E-state index in [2.05, 4.69) is 47.4 Å². The Balaban J connectivity index is 2.06. The van der Waals surface area contributed by atoms with Gasteiger partial charge in [0.05, 0.1) is 30.2 Å². The van der Waals surface area contributed by atoms with Gasteiger partial charge in [0.15, 0.2) is 0 Å². The molecule has 0 saturated carbocycles. The Morgan fingerprint density at radius 2 is 1.14 bits per heavy atom. The van der Waals surface area contributed by atoms with Gasteiger partial charge in [-0.05, 0) is 55.5 Å². The average Bonchev–Trinajstić information content (AvgIpc) is 3.21. The number of rotatable bonds is 9. The minimum atomic E-state index is -0.870. The van der Waals surface area contributed by atoms with E-state index in [0.717, 1.165) is 22.3 Å². The number of carbonyl (C=O) groups excluding carboxylic acids is 2. The lowest BCUT2D eigenvalue weighted by Gasteiger charge is -2.48. The molecule has 0 aliphatic carbocycles. The average molecular weight is 586 g/mol. The zero-order chi connectivity index (χ0) is 31.1. The van der Waals surface area contributed by atoms with E-state index >= 15 is 0 Å². The molecule has 0 saturated heterocycles. The van der Waals surface area contributed by atoms with Crippen LogP contribution in [0.5, 0.6) is 0 Å². The van der Waals surface area contributed by atoms with Crippen molar-refractivity contribution < 1.29 is 19.1 Å². The third kappa shape index (κ3) is 5.70. The Kier molecular flexibility index (Phi) is 9.44. The molecule has 44 heavy (non-hydrogen) atoms. The van der Waals surface area contributed by atoms with Gasteiger partial charge in [-0.2, -0.15) is 0 Å². The summed E-state index contributed by atoms with van der Waals surface area (Å²) in [5.74, 6) is -1.14. The summed E-state index contributed by atoms with van der Waals surface area (Å²) in [4.78, 5) is 30.5. The molecule has 4 aromatic rings. The predicted octanol–water partition coefficient (Wildman–Crippen LogP) is 7.90. The second-order valence-corrected chi connectivity index (χ2v) is 11.0. The van der Waals surface area contributed by atoms with E-state index in [1.807, 2.05) is 98.8 Å². The van der Waals surface area contributed by atoms with Crippen LogP contribution in [0.2, 0.25) is 0 Å². The third-order valence-corrected chi connectivity index (χ3v) is 8.05. The number of esters is 2. The van der Waals surface area contributed by atoms with E-state index < -0.39 is 23.4 Å². The first-order valence-corrected chi connectivity index (χ1v) is 15.3. The summed E-state index contributed by atoms with van der Waals surface area (Å²) >= 11 is 0. The molecule has 4 aromatic carbocycles. The van der Waals surface area contributed by atoms with Crippen molar-refractivity contribution in [2.24, 2.45) is 0 Å². The van der Waals surface area contributed by atoms with Crippen LogP contribution in [0.4, 0.5) is 0 Å². The number of ether oxygens (including phenoxy) is 2. The number of hydrogen-bond donors (Lipinski definition) is 0. The van der Waals surface area contributed by atoms with Crippen molar-refractivity contribution >= 4 is 17.5 Å². The summed E-state index contributed by atoms with van der Waals surface area (Å²) in [6, 6.07) is 39.9. The lowest BCUT2D eigenvalue weighted by Crippen LogP contribution is -2.47. The molecule has 1 atom stereocenters. The van der Waals surface area contributed by atoms with Crippen molar-refractivity contribution in [1.82, 2.24) is 4.90 Å². The largest absolute Gasteiger partial charge is 0.462 e. The molecular weight excluding hydrogens is 546 g/mol. The fraction of sp³-hybridized carbons (Fsp3) is 0.231. The smallest absolute Gasteiger partial charge is 0.355 e. The molecule has 0 N–H and O–H groups in total. The topological polar surface area (TPSA) is 55.8 Å². The SMILES string of the molecule is CCOC(=O)C1=C(C(=O)OCC)N(C(C)C)C(c2ccccc2)C(c2ccccc2)(c2ccccc2)C=C1c1ccccc1. The van der Waals surface area contributed by atoms with Crippen LogP contribution in [0, 0.1) is 0 Å². The summed E-state index contributed by atoms with van der Waals surface area (Å²) in [5, 5.41) is 0. The van der Waals surface area contributed by atoms with Crippen LogP contribution in [-0.2, 0) is 24.5 Å². The van der Waals surface area contributed by atoms with Crippen LogP contribution in [0.25, 0.3) is 5.57 Å². The van der Waals surface area contributed by atoms with E-state index in [0.29, 0.717) is 5.57 Å². The van der Waals surface area contributed by atoms with Crippen molar-refractivity contribution in [3.05, 3.63) is 161 Å². The molecule has 0 bridgehead atoms. The molecular formula is C39H39NO4. The lowest BCUT2D eigenvalue weighted by atomic mass is 9.65. The monoisotopic (exact) mass is 585 g/mol. The highest BCUT2D eigenvalue weighted by atomic mass is 16.5. The minimum absolute atomic E-state index is 0.160. The second kappa shape index (κ2) is 13.6. The molecule has 0 amide bonds. The molecule has 0 radical (unpaired) electrons. The predicted molar refractivity (Wildman–Crippen MR) is 175 cm³/mol. The molecule has 0 spiro atoms. The molecule has 5 rings (SSSR count). The highest BCUT2D eigenvalue weighted by molar-refractivity contribution is 6.13. The molecule has 1 heterocycles. The highest BCUT2D eigenvalue weighted by Crippen LogP contribution is 2.54. The zero-order valence-corrected chi connectivity index (χ0v) is 25.8. The lowest BCUT2D eigenvalue weighted by molar-refractivity contribution is -0.143. The molecule has 1 aliphatic heterocycles. The first-order valence-electron chi connectivity index (χ1n) is 15.3. The Labute approximate surface area is 260 Å². The van der Waals surface area contributed by atoms with Gasteiger partial charge in [0, 0.05) is 6.04 Å². The molecule has 5 nitrogen and oxygen atoms in total. The summed E-state index contributed by atoms with van der Waals surface area (Å²) in [6.07, 6.45) is 2.18. The van der Waals surface area contributed by atoms with Crippen molar-refractivity contribution in [3.63, 3.8) is 0 Å². The van der Waals surface area contributed by atoms with Crippen molar-refractivity contribution in [2.75, 3.05) is 13.2 Å². The minimum Gasteiger partial charge on any atom is -0.462 e. The quantitative estimate of drug-likeness (QED) is 0.187. The molecule has 5 heteroatoms. The van der Waals surface area contributed by atoms with E-state index in [1.165, 1.54) is 0 Å². The first kappa shape index (κ1) is 30.6. The van der Waals surface area contributed by atoms with E-state index in [9.17, 15) is 9.59 Å². The molecule has 1 aliphatic rings. The van der Waals surface area contributed by atoms with Crippen LogP contribution in [0.1, 0.15) is 56.0 Å². The van der Waals surface area contributed by atoms with Crippen LogP contribution in [0.15, 0.2) is 139 Å². The number of hydrogen-bond acceptors (Lipinski definition) is 5. The molecule has 224 valence electrons. The van der Waals surface area contributed by atoms with Gasteiger partial charge >= 0.3 is 11.9 Å². The number of benzene rings is 4. The van der Waals surface area contributed by atoms with E-state index in [-0.39, 0.29) is 30.5 Å². The van der Waals surface area contributed by atoms with Crippen molar-refractivity contribution in [3.8, 4) is 0 Å². The molecule has 0 aromatic heterocycles. The van der Waals surface area contributed by atoms with Crippen LogP contribution >= 0.6 is 0 Å². The van der Waals surface area contributed by atoms with Gasteiger partial charge in [-0.1, -0.05) is 127 Å². The van der Waals surface area contributed by atoms with Gasteiger partial charge in [-0.3, -0.25) is 0 Å². The van der Waals surface area contributed by atoms with Crippen LogP contribution in [0.3, 0.4) is 0 Å². The van der Waals surface area contributed by atoms with Crippen LogP contribution in [-0.4, -0.2) is 36.1 Å². The second-order valence-electron chi connectivity index (χ2n) is 11.0. The van der Waals surface area contributed by atoms with Gasteiger partial charge in [0.2, 0.25) is 0 Å². The Morgan fingerprint density at radius 1 is 0.682 bits per heavy atom. The van der Waals surface area contributed by atoms with Crippen molar-refractivity contribution in [1.29, 1.82) is 0 Å². The van der Waals surface area contributed by atoms with Crippen LogP contribution < -0.4 is 0 Å². The normalized spacial score (nSPS) is 16.2. The van der Waals surface area contributed by atoms with Gasteiger partial charge in [0.1, 0.15) is 5.70 Å². The van der Waals surface area contributed by atoms with E-state index in [4.69, 9.17) is 9.47 Å². The van der Waals surface area contributed by atoms with E-state index in [1.54, 1.807) is 13.8 Å². The Morgan fingerprint density at radius 3 is 1.61 bits per heavy atom. The highest BCUT2D eigenvalue weighted by Gasteiger charge is 2.51. The van der Waals surface area contributed by atoms with Crippen molar-refractivity contribution in [2.45, 2.75) is 45.2 Å². The zero-order valence-electron chi connectivity index (χ0n) is 25.8. The Hall–Kier alpha value is -4.90.